The van der Waals surface area contributed by atoms with Crippen LogP contribution in [0.3, 0.4) is 0 Å². The Bertz CT molecular complexity index is 667. The Kier molecular flexibility index (Phi) is 3.46. The van der Waals surface area contributed by atoms with Crippen molar-refractivity contribution in [2.45, 2.75) is 0 Å². The highest BCUT2D eigenvalue weighted by Crippen LogP contribution is 2.11. The van der Waals surface area contributed by atoms with E-state index in [9.17, 15) is 5.21 Å². The lowest BCUT2D eigenvalue weighted by molar-refractivity contribution is 0.171. The minimum Gasteiger partial charge on any atom is -0.495 e. The molecule has 4 N–H and O–H groups in total. The van der Waals surface area contributed by atoms with Gasteiger partial charge >= 0.3 is 0 Å². The first-order valence-corrected chi connectivity index (χ1v) is 5.42. The fraction of sp³-hybridized carbons (Fsp3) is 0.0833. The Labute approximate surface area is 109 Å². The van der Waals surface area contributed by atoms with Gasteiger partial charge in [0.25, 0.3) is 0 Å². The van der Waals surface area contributed by atoms with E-state index in [-0.39, 0.29) is 11.2 Å². The van der Waals surface area contributed by atoms with Crippen molar-refractivity contribution in [1.29, 1.82) is 5.41 Å². The van der Waals surface area contributed by atoms with Gasteiger partial charge in [0.1, 0.15) is 11.5 Å². The van der Waals surface area contributed by atoms with E-state index in [1.807, 2.05) is 0 Å². The van der Waals surface area contributed by atoms with Gasteiger partial charge < -0.3 is 15.7 Å². The van der Waals surface area contributed by atoms with Crippen molar-refractivity contribution in [2.24, 2.45) is 15.9 Å². The van der Waals surface area contributed by atoms with E-state index in [2.05, 4.69) is 10.2 Å². The van der Waals surface area contributed by atoms with Crippen LogP contribution in [0.1, 0.15) is 0 Å². The maximum atomic E-state index is 9.47. The smallest absolute Gasteiger partial charge is 0.189 e. The number of pyridine rings is 1. The molecule has 1 aliphatic carbocycles. The second-order valence-corrected chi connectivity index (χ2v) is 3.71. The van der Waals surface area contributed by atoms with Gasteiger partial charge in [0.15, 0.2) is 5.49 Å². The molecule has 0 fully saturated rings. The first-order valence-electron chi connectivity index (χ1n) is 5.42. The predicted molar refractivity (Wildman–Crippen MR) is 69.7 cm³/mol. The van der Waals surface area contributed by atoms with E-state index < -0.39 is 0 Å². The molecule has 0 unspecified atom stereocenters. The number of hydrogen-bond acceptors (Lipinski definition) is 6. The minimum absolute atomic E-state index is 0.127. The summed E-state index contributed by atoms with van der Waals surface area (Å²) in [5.74, 6) is 0.426. The molecule has 0 aliphatic heterocycles. The molecule has 19 heavy (non-hydrogen) atoms. The summed E-state index contributed by atoms with van der Waals surface area (Å²) in [4.78, 5) is 0. The Morgan fingerprint density at radius 1 is 1.32 bits per heavy atom. The third-order valence-corrected chi connectivity index (χ3v) is 2.43. The first kappa shape index (κ1) is 12.6. The molecule has 98 valence electrons. The molecule has 1 aromatic heterocycles. The quantitative estimate of drug-likeness (QED) is 0.406. The molecule has 0 aromatic carbocycles. The van der Waals surface area contributed by atoms with Crippen molar-refractivity contribution >= 4 is 11.4 Å². The fourth-order valence-electron chi connectivity index (χ4n) is 1.46. The van der Waals surface area contributed by atoms with Gasteiger partial charge in [-0.1, -0.05) is 6.07 Å². The van der Waals surface area contributed by atoms with E-state index in [0.717, 1.165) is 4.73 Å². The molecule has 7 heteroatoms. The Balaban J connectivity index is 2.41. The summed E-state index contributed by atoms with van der Waals surface area (Å²) in [7, 11) is 1.48. The molecule has 0 radical (unpaired) electrons. The number of rotatable bonds is 2. The summed E-state index contributed by atoms with van der Waals surface area (Å²) in [6.07, 6.45) is 4.39. The second-order valence-electron chi connectivity index (χ2n) is 3.71. The van der Waals surface area contributed by atoms with Gasteiger partial charge in [-0.2, -0.15) is 4.73 Å². The highest BCUT2D eigenvalue weighted by atomic mass is 16.5. The van der Waals surface area contributed by atoms with Crippen LogP contribution in [0.5, 0.6) is 0 Å². The van der Waals surface area contributed by atoms with Crippen molar-refractivity contribution in [2.75, 3.05) is 7.11 Å². The van der Waals surface area contributed by atoms with Gasteiger partial charge in [0.2, 0.25) is 0 Å². The van der Waals surface area contributed by atoms with E-state index in [0.29, 0.717) is 17.2 Å². The third kappa shape index (κ3) is 2.71. The van der Waals surface area contributed by atoms with Crippen LogP contribution in [0, 0.1) is 5.41 Å². The maximum Gasteiger partial charge on any atom is 0.189 e. The van der Waals surface area contributed by atoms with Crippen LogP contribution < -0.4 is 11.2 Å². The molecule has 1 aliphatic rings. The van der Waals surface area contributed by atoms with Crippen molar-refractivity contribution in [3.05, 3.63) is 53.5 Å². The zero-order valence-electron chi connectivity index (χ0n) is 10.2. The number of nitrogens with one attached hydrogen (secondary N) is 1. The van der Waals surface area contributed by atoms with Gasteiger partial charge in [-0.25, -0.2) is 0 Å². The summed E-state index contributed by atoms with van der Waals surface area (Å²) < 4.78 is 5.89. The lowest BCUT2D eigenvalue weighted by Crippen LogP contribution is -2.20. The number of methoxy groups -OCH3 is 1. The van der Waals surface area contributed by atoms with E-state index in [1.165, 1.54) is 25.5 Å². The molecule has 0 amide bonds. The van der Waals surface area contributed by atoms with Crippen molar-refractivity contribution in [3.63, 3.8) is 0 Å². The summed E-state index contributed by atoms with van der Waals surface area (Å²) in [5.41, 5.74) is 6.71. The number of nitrogens with zero attached hydrogens (tertiary/aromatic N) is 3. The lowest BCUT2D eigenvalue weighted by Gasteiger charge is -2.12. The van der Waals surface area contributed by atoms with E-state index in [1.54, 1.807) is 18.2 Å². The molecule has 0 saturated heterocycles. The van der Waals surface area contributed by atoms with Crippen LogP contribution >= 0.6 is 0 Å². The molecule has 0 saturated carbocycles. The second kappa shape index (κ2) is 5.21. The maximum absolute atomic E-state index is 9.47. The minimum atomic E-state index is 0.127. The van der Waals surface area contributed by atoms with Gasteiger partial charge in [0.05, 0.1) is 18.5 Å². The summed E-state index contributed by atoms with van der Waals surface area (Å²) >= 11 is 0. The normalized spacial score (nSPS) is 18.3. The van der Waals surface area contributed by atoms with Crippen LogP contribution in [0.4, 0.5) is 0 Å². The number of nitrogens with two attached hydrogens (primary N) is 1. The first-order chi connectivity index (χ1) is 9.11. The Hall–Kier alpha value is -2.83. The average Bonchev–Trinajstić information content (AvgIpc) is 2.39. The van der Waals surface area contributed by atoms with Crippen LogP contribution in [-0.4, -0.2) is 28.5 Å². The number of hydrogen-bond donors (Lipinski definition) is 3. The molecule has 1 aromatic rings. The van der Waals surface area contributed by atoms with Crippen LogP contribution in [0.2, 0.25) is 0 Å². The van der Waals surface area contributed by atoms with Gasteiger partial charge in [-0.05, 0) is 18.2 Å². The molecule has 0 atom stereocenters. The molecular weight excluding hydrogens is 246 g/mol. The number of aromatic nitrogens is 1. The average molecular weight is 259 g/mol. The topological polar surface area (TPSA) is 109 Å². The largest absolute Gasteiger partial charge is 0.495 e. The van der Waals surface area contributed by atoms with Crippen molar-refractivity contribution in [1.82, 2.24) is 4.73 Å². The van der Waals surface area contributed by atoms with Crippen molar-refractivity contribution in [3.8, 4) is 0 Å². The Morgan fingerprint density at radius 2 is 2.11 bits per heavy atom. The monoisotopic (exact) mass is 259 g/mol. The van der Waals surface area contributed by atoms with Crippen LogP contribution in [-0.2, 0) is 4.74 Å². The van der Waals surface area contributed by atoms with E-state index in [4.69, 9.17) is 15.9 Å². The number of ether oxygens (including phenoxy) is 1. The SMILES string of the molecule is COC1=CC(=NN=c2ccccn2O)C(=N)C=C1N. The predicted octanol–water partition coefficient (Wildman–Crippen LogP) is 0.388. The molecule has 2 rings (SSSR count). The molecule has 7 nitrogen and oxygen atoms in total. The third-order valence-electron chi connectivity index (χ3n) is 2.43. The summed E-state index contributed by atoms with van der Waals surface area (Å²) in [6, 6.07) is 4.95. The van der Waals surface area contributed by atoms with Crippen LogP contribution in [0.15, 0.2) is 58.2 Å². The summed E-state index contributed by atoms with van der Waals surface area (Å²) in [5, 5.41) is 25.0. The molecular formula is C12H13N5O2. The van der Waals surface area contributed by atoms with E-state index >= 15 is 0 Å². The molecule has 1 heterocycles. The highest BCUT2D eigenvalue weighted by Gasteiger charge is 2.14. The zero-order valence-corrected chi connectivity index (χ0v) is 10.2. The standard InChI is InChI=1S/C12H13N5O2/c1-19-11-7-10(8(13)6-9(11)14)15-16-12-4-2-3-5-17(12)18/h2-7,13,18H,14H2,1H3. The zero-order chi connectivity index (χ0) is 13.8. The summed E-state index contributed by atoms with van der Waals surface area (Å²) in [6.45, 7) is 0. The highest BCUT2D eigenvalue weighted by molar-refractivity contribution is 6.50. The van der Waals surface area contributed by atoms with Gasteiger partial charge in [-0.3, -0.25) is 5.41 Å². The fourth-order valence-corrected chi connectivity index (χ4v) is 1.46. The molecule has 0 bridgehead atoms. The Morgan fingerprint density at radius 3 is 2.79 bits per heavy atom. The van der Waals surface area contributed by atoms with Gasteiger partial charge in [-0.15, -0.1) is 10.2 Å². The van der Waals surface area contributed by atoms with Gasteiger partial charge in [0, 0.05) is 12.3 Å². The van der Waals surface area contributed by atoms with Crippen LogP contribution in [0.25, 0.3) is 0 Å². The molecule has 0 spiro atoms. The number of allylic oxidation sites excluding steroid dienone is 2. The lowest BCUT2D eigenvalue weighted by atomic mass is 10.1. The van der Waals surface area contributed by atoms with Crippen molar-refractivity contribution < 1.29 is 9.94 Å².